The highest BCUT2D eigenvalue weighted by Gasteiger charge is 2.07. The number of nitro groups is 1. The Bertz CT molecular complexity index is 827. The van der Waals surface area contributed by atoms with Crippen molar-refractivity contribution >= 4 is 21.5 Å². The lowest BCUT2D eigenvalue weighted by molar-refractivity contribution is -0.384. The van der Waals surface area contributed by atoms with Crippen molar-refractivity contribution in [3.05, 3.63) is 69.8 Å². The van der Waals surface area contributed by atoms with Crippen LogP contribution in [0.3, 0.4) is 0 Å². The van der Waals surface area contributed by atoms with Crippen LogP contribution in [0.2, 0.25) is 0 Å². The van der Waals surface area contributed by atoms with E-state index in [1.54, 1.807) is 19.1 Å². The molecule has 0 unspecified atom stereocenters. The van der Waals surface area contributed by atoms with Gasteiger partial charge in [0.2, 0.25) is 0 Å². The van der Waals surface area contributed by atoms with Crippen molar-refractivity contribution in [2.45, 2.75) is 18.7 Å². The van der Waals surface area contributed by atoms with E-state index >= 15 is 0 Å². The third-order valence-electron chi connectivity index (χ3n) is 2.96. The molecule has 0 aromatic heterocycles. The van der Waals surface area contributed by atoms with Crippen molar-refractivity contribution in [2.75, 3.05) is 0 Å². The summed E-state index contributed by atoms with van der Waals surface area (Å²) in [7, 11) is -4.02. The fourth-order valence-electron chi connectivity index (χ4n) is 1.59. The first kappa shape index (κ1) is 19.3. The van der Waals surface area contributed by atoms with Gasteiger partial charge in [0.1, 0.15) is 0 Å². The van der Waals surface area contributed by atoms with Gasteiger partial charge in [0.25, 0.3) is 15.8 Å². The Balaban J connectivity index is 0.000000243. The Hall–Kier alpha value is -2.78. The molecule has 0 atom stereocenters. The molecule has 0 radical (unpaired) electrons. The van der Waals surface area contributed by atoms with Crippen LogP contribution in [0.15, 0.2) is 58.6 Å². The van der Waals surface area contributed by atoms with Gasteiger partial charge in [0, 0.05) is 12.1 Å². The summed E-state index contributed by atoms with van der Waals surface area (Å²) in [5.74, 6) is 0. The number of nitrogens with zero attached hydrogens (tertiary/aromatic N) is 2. The van der Waals surface area contributed by atoms with Gasteiger partial charge in [-0.3, -0.25) is 14.7 Å². The molecule has 0 heterocycles. The van der Waals surface area contributed by atoms with Crippen LogP contribution in [0, 0.1) is 17.0 Å². The Morgan fingerprint density at radius 3 is 1.96 bits per heavy atom. The topological polar surface area (TPSA) is 130 Å². The zero-order chi connectivity index (χ0) is 18.3. The molecule has 0 amide bonds. The molecule has 0 bridgehead atoms. The van der Waals surface area contributed by atoms with Crippen molar-refractivity contribution < 1.29 is 23.1 Å². The van der Waals surface area contributed by atoms with Crippen LogP contribution in [0.25, 0.3) is 0 Å². The molecule has 0 spiro atoms. The minimum atomic E-state index is -4.02. The second-order valence-electron chi connectivity index (χ2n) is 4.78. The minimum Gasteiger partial charge on any atom is -0.411 e. The molecule has 24 heavy (non-hydrogen) atoms. The van der Waals surface area contributed by atoms with E-state index in [0.29, 0.717) is 11.3 Å². The number of aryl methyl sites for hydroxylation is 1. The first-order valence-corrected chi connectivity index (χ1v) is 8.07. The Labute approximate surface area is 139 Å². The maximum atomic E-state index is 10.5. The zero-order valence-corrected chi connectivity index (χ0v) is 13.8. The summed E-state index contributed by atoms with van der Waals surface area (Å²) in [6, 6.07) is 11.8. The van der Waals surface area contributed by atoms with Gasteiger partial charge in [-0.15, -0.1) is 0 Å². The van der Waals surface area contributed by atoms with E-state index in [4.69, 9.17) is 9.76 Å². The summed E-state index contributed by atoms with van der Waals surface area (Å²) in [6.45, 7) is 3.45. The molecular weight excluding hydrogens is 336 g/mol. The maximum absolute atomic E-state index is 10.5. The average Bonchev–Trinajstić information content (AvgIpc) is 2.54. The highest BCUT2D eigenvalue weighted by atomic mass is 32.2. The maximum Gasteiger partial charge on any atom is 0.294 e. The van der Waals surface area contributed by atoms with Gasteiger partial charge in [0.05, 0.1) is 15.5 Å². The second kappa shape index (κ2) is 8.18. The lowest BCUT2D eigenvalue weighted by atomic mass is 10.1. The van der Waals surface area contributed by atoms with E-state index in [0.717, 1.165) is 5.56 Å². The third-order valence-corrected chi connectivity index (χ3v) is 3.83. The fraction of sp³-hybridized carbons (Fsp3) is 0.133. The quantitative estimate of drug-likeness (QED) is 0.287. The number of hydrogen-bond acceptors (Lipinski definition) is 6. The van der Waals surface area contributed by atoms with Gasteiger partial charge >= 0.3 is 0 Å². The highest BCUT2D eigenvalue weighted by molar-refractivity contribution is 7.85. The summed E-state index contributed by atoms with van der Waals surface area (Å²) in [6.07, 6.45) is 0. The smallest absolute Gasteiger partial charge is 0.294 e. The fourth-order valence-corrected chi connectivity index (χ4v) is 2.07. The van der Waals surface area contributed by atoms with Gasteiger partial charge < -0.3 is 5.21 Å². The normalized spacial score (nSPS) is 11.4. The van der Waals surface area contributed by atoms with Gasteiger partial charge in [-0.25, -0.2) is 0 Å². The number of nitro benzene ring substituents is 1. The summed E-state index contributed by atoms with van der Waals surface area (Å²) in [4.78, 5) is 9.73. The first-order valence-electron chi connectivity index (χ1n) is 6.63. The molecule has 2 aromatic carbocycles. The largest absolute Gasteiger partial charge is 0.411 e. The average molecular weight is 352 g/mol. The predicted octanol–water partition coefficient (Wildman–Crippen LogP) is 3.03. The van der Waals surface area contributed by atoms with Gasteiger partial charge in [-0.1, -0.05) is 22.9 Å². The second-order valence-corrected chi connectivity index (χ2v) is 6.20. The predicted molar refractivity (Wildman–Crippen MR) is 88.1 cm³/mol. The Kier molecular flexibility index (Phi) is 6.57. The van der Waals surface area contributed by atoms with E-state index in [1.165, 1.54) is 36.4 Å². The SMILES string of the molecule is CC(=NO)c1ccc([N+](=O)[O-])cc1.Cc1ccc(S(=O)(=O)O)cc1. The lowest BCUT2D eigenvalue weighted by Crippen LogP contribution is -1.96. The molecule has 8 nitrogen and oxygen atoms in total. The van der Waals surface area contributed by atoms with Crippen LogP contribution in [0.4, 0.5) is 5.69 Å². The van der Waals surface area contributed by atoms with E-state index in [9.17, 15) is 18.5 Å². The molecule has 2 rings (SSSR count). The van der Waals surface area contributed by atoms with Crippen LogP contribution in [0.5, 0.6) is 0 Å². The number of hydrogen-bond donors (Lipinski definition) is 2. The van der Waals surface area contributed by atoms with Crippen molar-refractivity contribution in [2.24, 2.45) is 5.16 Å². The molecule has 0 saturated heterocycles. The molecule has 9 heteroatoms. The number of non-ortho nitro benzene ring substituents is 1. The van der Waals surface area contributed by atoms with E-state index < -0.39 is 15.0 Å². The monoisotopic (exact) mass is 352 g/mol. The molecule has 2 N–H and O–H groups in total. The standard InChI is InChI=1S/C8H8N2O3.C7H8O3S/c1-6(9-11)7-2-4-8(5-3-7)10(12)13;1-6-2-4-7(5-3-6)11(8,9)10/h2-5,11H,1H3;2-5H,1H3,(H,8,9,10). The van der Waals surface area contributed by atoms with Gasteiger partial charge in [0.15, 0.2) is 0 Å². The van der Waals surface area contributed by atoms with Crippen molar-refractivity contribution in [1.29, 1.82) is 0 Å². The van der Waals surface area contributed by atoms with Crippen LogP contribution in [0.1, 0.15) is 18.1 Å². The molecule has 0 saturated carbocycles. The molecule has 0 aliphatic heterocycles. The van der Waals surface area contributed by atoms with Crippen LogP contribution >= 0.6 is 0 Å². The summed E-state index contributed by atoms with van der Waals surface area (Å²) < 4.78 is 29.6. The van der Waals surface area contributed by atoms with Crippen molar-refractivity contribution in [1.82, 2.24) is 0 Å². The van der Waals surface area contributed by atoms with Crippen LogP contribution in [-0.4, -0.2) is 28.8 Å². The van der Waals surface area contributed by atoms with E-state index in [2.05, 4.69) is 5.16 Å². The highest BCUT2D eigenvalue weighted by Crippen LogP contribution is 2.12. The van der Waals surface area contributed by atoms with E-state index in [1.807, 2.05) is 6.92 Å². The number of oxime groups is 1. The van der Waals surface area contributed by atoms with Crippen LogP contribution in [-0.2, 0) is 10.1 Å². The lowest BCUT2D eigenvalue weighted by Gasteiger charge is -1.96. The van der Waals surface area contributed by atoms with E-state index in [-0.39, 0.29) is 10.6 Å². The first-order chi connectivity index (χ1) is 11.1. The molecule has 128 valence electrons. The van der Waals surface area contributed by atoms with Crippen molar-refractivity contribution in [3.8, 4) is 0 Å². The molecule has 0 aliphatic rings. The summed E-state index contributed by atoms with van der Waals surface area (Å²) >= 11 is 0. The Morgan fingerprint density at radius 1 is 1.08 bits per heavy atom. The Morgan fingerprint density at radius 2 is 1.58 bits per heavy atom. The number of benzene rings is 2. The molecule has 0 aliphatic carbocycles. The molecule has 0 fully saturated rings. The minimum absolute atomic E-state index is 0.0227. The van der Waals surface area contributed by atoms with Gasteiger partial charge in [-0.2, -0.15) is 8.42 Å². The summed E-state index contributed by atoms with van der Waals surface area (Å²) in [5.41, 5.74) is 2.06. The summed E-state index contributed by atoms with van der Waals surface area (Å²) in [5, 5.41) is 21.7. The van der Waals surface area contributed by atoms with Crippen molar-refractivity contribution in [3.63, 3.8) is 0 Å². The molecule has 2 aromatic rings. The third kappa shape index (κ3) is 5.78. The molecular formula is C15H16N2O6S. The number of rotatable bonds is 3. The van der Waals surface area contributed by atoms with Crippen LogP contribution < -0.4 is 0 Å². The van der Waals surface area contributed by atoms with Gasteiger partial charge in [-0.05, 0) is 43.7 Å². The zero-order valence-electron chi connectivity index (χ0n) is 12.9.